The van der Waals surface area contributed by atoms with E-state index in [0.29, 0.717) is 19.0 Å². The lowest BCUT2D eigenvalue weighted by Gasteiger charge is -2.24. The highest BCUT2D eigenvalue weighted by molar-refractivity contribution is 5.81. The summed E-state index contributed by atoms with van der Waals surface area (Å²) in [5.74, 6) is 0.674. The van der Waals surface area contributed by atoms with Crippen molar-refractivity contribution in [2.24, 2.45) is 5.92 Å². The summed E-state index contributed by atoms with van der Waals surface area (Å²) >= 11 is 0. The Balaban J connectivity index is 2.29. The van der Waals surface area contributed by atoms with Gasteiger partial charge in [0.25, 0.3) is 0 Å². The number of ether oxygens (including phenoxy) is 1. The van der Waals surface area contributed by atoms with Gasteiger partial charge in [-0.05, 0) is 19.4 Å². The first kappa shape index (κ1) is 15.6. The van der Waals surface area contributed by atoms with Crippen LogP contribution < -0.4 is 0 Å². The van der Waals surface area contributed by atoms with Gasteiger partial charge >= 0.3 is 0 Å². The fourth-order valence-electron chi connectivity index (χ4n) is 2.48. The van der Waals surface area contributed by atoms with E-state index in [2.05, 4.69) is 11.8 Å². The Morgan fingerprint density at radius 3 is 2.89 bits per heavy atom. The van der Waals surface area contributed by atoms with Gasteiger partial charge in [0.1, 0.15) is 5.78 Å². The van der Waals surface area contributed by atoms with Crippen molar-refractivity contribution in [2.75, 3.05) is 39.5 Å². The van der Waals surface area contributed by atoms with Crippen LogP contribution in [0.25, 0.3) is 0 Å². The molecule has 0 aromatic rings. The normalized spacial score (nSPS) is 21.3. The average Bonchev–Trinajstić information content (AvgIpc) is 2.58. The first-order chi connectivity index (χ1) is 8.77. The lowest BCUT2D eigenvalue weighted by atomic mass is 9.98. The molecule has 0 spiro atoms. The molecule has 1 rings (SSSR count). The smallest absolute Gasteiger partial charge is 0.137 e. The summed E-state index contributed by atoms with van der Waals surface area (Å²) in [6.45, 7) is 5.90. The van der Waals surface area contributed by atoms with E-state index in [-0.39, 0.29) is 12.5 Å². The second kappa shape index (κ2) is 9.48. The molecule has 0 heterocycles. The van der Waals surface area contributed by atoms with Gasteiger partial charge in [0.05, 0.1) is 19.8 Å². The Morgan fingerprint density at radius 1 is 1.33 bits per heavy atom. The number of Topliss-reactive ketones (excluding diaryl/α,β-unsaturated/α-hetero) is 1. The zero-order valence-electron chi connectivity index (χ0n) is 11.6. The van der Waals surface area contributed by atoms with Crippen LogP contribution >= 0.6 is 0 Å². The number of hydrogen-bond donors (Lipinski definition) is 1. The highest BCUT2D eigenvalue weighted by Gasteiger charge is 2.22. The zero-order chi connectivity index (χ0) is 13.2. The van der Waals surface area contributed by atoms with E-state index in [1.165, 1.54) is 12.8 Å². The summed E-state index contributed by atoms with van der Waals surface area (Å²) in [5, 5.41) is 8.63. The van der Waals surface area contributed by atoms with Crippen LogP contribution in [0, 0.1) is 5.92 Å². The van der Waals surface area contributed by atoms with Crippen LogP contribution in [0.15, 0.2) is 0 Å². The molecule has 18 heavy (non-hydrogen) atoms. The number of aliphatic hydroxyl groups is 1. The molecule has 1 unspecified atom stereocenters. The predicted octanol–water partition coefficient (Wildman–Crippen LogP) is 1.47. The van der Waals surface area contributed by atoms with Crippen molar-refractivity contribution in [3.8, 4) is 0 Å². The third kappa shape index (κ3) is 5.94. The number of rotatable bonds is 8. The zero-order valence-corrected chi connectivity index (χ0v) is 11.6. The maximum Gasteiger partial charge on any atom is 0.137 e. The largest absolute Gasteiger partial charge is 0.394 e. The predicted molar refractivity (Wildman–Crippen MR) is 71.6 cm³/mol. The molecule has 0 bridgehead atoms. The van der Waals surface area contributed by atoms with E-state index in [4.69, 9.17) is 9.84 Å². The van der Waals surface area contributed by atoms with Crippen LogP contribution in [0.4, 0.5) is 0 Å². The monoisotopic (exact) mass is 257 g/mol. The van der Waals surface area contributed by atoms with Gasteiger partial charge < -0.3 is 14.7 Å². The van der Waals surface area contributed by atoms with Crippen LogP contribution in [-0.2, 0) is 9.53 Å². The van der Waals surface area contributed by atoms with Crippen LogP contribution in [0.2, 0.25) is 0 Å². The van der Waals surface area contributed by atoms with Gasteiger partial charge in [0.15, 0.2) is 0 Å². The third-order valence-electron chi connectivity index (χ3n) is 3.64. The van der Waals surface area contributed by atoms with Crippen molar-refractivity contribution < 1.29 is 14.6 Å². The molecule has 0 saturated heterocycles. The molecule has 0 aromatic heterocycles. The number of carbonyl (C=O) groups excluding carboxylic acids is 1. The van der Waals surface area contributed by atoms with Crippen LogP contribution in [-0.4, -0.2) is 55.2 Å². The van der Waals surface area contributed by atoms with Gasteiger partial charge in [-0.2, -0.15) is 0 Å². The molecule has 0 amide bonds. The van der Waals surface area contributed by atoms with Crippen LogP contribution in [0.1, 0.15) is 39.0 Å². The van der Waals surface area contributed by atoms with E-state index in [0.717, 1.165) is 38.9 Å². The molecule has 0 radical (unpaired) electrons. The lowest BCUT2D eigenvalue weighted by molar-refractivity contribution is -0.123. The van der Waals surface area contributed by atoms with Crippen LogP contribution in [0.3, 0.4) is 0 Å². The molecule has 4 nitrogen and oxygen atoms in total. The van der Waals surface area contributed by atoms with Gasteiger partial charge in [-0.25, -0.2) is 0 Å². The molecular formula is C14H27NO3. The van der Waals surface area contributed by atoms with Gasteiger partial charge in [0, 0.05) is 25.4 Å². The minimum absolute atomic E-state index is 0.0766. The Bertz CT molecular complexity index is 233. The Kier molecular flexibility index (Phi) is 8.22. The van der Waals surface area contributed by atoms with E-state index in [1.807, 2.05) is 0 Å². The molecule has 1 N–H and O–H groups in total. The number of aliphatic hydroxyl groups excluding tert-OH is 1. The summed E-state index contributed by atoms with van der Waals surface area (Å²) in [7, 11) is 0. The third-order valence-corrected chi connectivity index (χ3v) is 3.64. The highest BCUT2D eigenvalue weighted by Crippen LogP contribution is 2.20. The number of likely N-dealkylation sites (N-methyl/N-ethyl adjacent to an activating group) is 1. The topological polar surface area (TPSA) is 49.8 Å². The standard InChI is InChI=1S/C14H27NO3/c1-2-15(8-10-18-11-9-16)12-13-6-4-3-5-7-14(13)17/h13,16H,2-12H2,1H3. The second-order valence-corrected chi connectivity index (χ2v) is 4.99. The molecule has 0 aromatic carbocycles. The maximum atomic E-state index is 12.0. The highest BCUT2D eigenvalue weighted by atomic mass is 16.5. The molecule has 0 aliphatic heterocycles. The second-order valence-electron chi connectivity index (χ2n) is 4.99. The quantitative estimate of drug-likeness (QED) is 0.528. The molecule has 1 atom stereocenters. The molecule has 1 fully saturated rings. The average molecular weight is 257 g/mol. The molecule has 1 saturated carbocycles. The van der Waals surface area contributed by atoms with Gasteiger partial charge in [0.2, 0.25) is 0 Å². The van der Waals surface area contributed by atoms with Crippen molar-refractivity contribution in [1.29, 1.82) is 0 Å². The molecule has 1 aliphatic carbocycles. The summed E-state index contributed by atoms with van der Waals surface area (Å²) in [6, 6.07) is 0. The van der Waals surface area contributed by atoms with E-state index in [1.54, 1.807) is 0 Å². The Morgan fingerprint density at radius 2 is 2.17 bits per heavy atom. The number of nitrogens with zero attached hydrogens (tertiary/aromatic N) is 1. The summed E-state index contributed by atoms with van der Waals surface area (Å²) in [6.07, 6.45) is 5.28. The fourth-order valence-corrected chi connectivity index (χ4v) is 2.48. The minimum atomic E-state index is 0.0766. The first-order valence-electron chi connectivity index (χ1n) is 7.21. The van der Waals surface area contributed by atoms with Gasteiger partial charge in [-0.1, -0.05) is 19.8 Å². The van der Waals surface area contributed by atoms with Crippen molar-refractivity contribution in [2.45, 2.75) is 39.0 Å². The first-order valence-corrected chi connectivity index (χ1v) is 7.21. The summed E-state index contributed by atoms with van der Waals surface area (Å²) in [4.78, 5) is 14.2. The number of carbonyl (C=O) groups is 1. The van der Waals surface area contributed by atoms with E-state index in [9.17, 15) is 4.79 Å². The Labute approximate surface area is 110 Å². The van der Waals surface area contributed by atoms with Crippen LogP contribution in [0.5, 0.6) is 0 Å². The van der Waals surface area contributed by atoms with Crippen molar-refractivity contribution >= 4 is 5.78 Å². The number of ketones is 1. The van der Waals surface area contributed by atoms with Crippen molar-refractivity contribution in [3.63, 3.8) is 0 Å². The fraction of sp³-hybridized carbons (Fsp3) is 0.929. The lowest BCUT2D eigenvalue weighted by Crippen LogP contribution is -2.35. The molecule has 1 aliphatic rings. The minimum Gasteiger partial charge on any atom is -0.394 e. The SMILES string of the molecule is CCN(CCOCCO)CC1CCCCCC1=O. The maximum absolute atomic E-state index is 12.0. The summed E-state index contributed by atoms with van der Waals surface area (Å²) < 4.78 is 5.28. The molecular weight excluding hydrogens is 230 g/mol. The summed E-state index contributed by atoms with van der Waals surface area (Å²) in [5.41, 5.74) is 0. The molecule has 106 valence electrons. The van der Waals surface area contributed by atoms with Gasteiger partial charge in [-0.3, -0.25) is 4.79 Å². The van der Waals surface area contributed by atoms with Crippen molar-refractivity contribution in [1.82, 2.24) is 4.90 Å². The number of hydrogen-bond acceptors (Lipinski definition) is 4. The van der Waals surface area contributed by atoms with E-state index < -0.39 is 0 Å². The van der Waals surface area contributed by atoms with Gasteiger partial charge in [-0.15, -0.1) is 0 Å². The molecule has 4 heteroatoms. The van der Waals surface area contributed by atoms with Crippen molar-refractivity contribution in [3.05, 3.63) is 0 Å². The van der Waals surface area contributed by atoms with E-state index >= 15 is 0 Å². The Hall–Kier alpha value is -0.450.